The summed E-state index contributed by atoms with van der Waals surface area (Å²) in [5.74, 6) is 0. The predicted molar refractivity (Wildman–Crippen MR) is 204 cm³/mol. The molecule has 3 aromatic carbocycles. The summed E-state index contributed by atoms with van der Waals surface area (Å²) in [5.41, 5.74) is 8.63. The molecule has 0 saturated heterocycles. The van der Waals surface area contributed by atoms with Crippen LogP contribution in [0.3, 0.4) is 0 Å². The Bertz CT molecular complexity index is 1910. The van der Waals surface area contributed by atoms with E-state index in [-0.39, 0.29) is 0 Å². The van der Waals surface area contributed by atoms with E-state index in [0.717, 1.165) is 28.8 Å². The van der Waals surface area contributed by atoms with Crippen molar-refractivity contribution in [1.82, 2.24) is 5.32 Å². The lowest BCUT2D eigenvalue weighted by Crippen LogP contribution is -2.00. The molecule has 0 aliphatic rings. The van der Waals surface area contributed by atoms with E-state index >= 15 is 0 Å². The summed E-state index contributed by atoms with van der Waals surface area (Å²) in [7, 11) is 0. The summed E-state index contributed by atoms with van der Waals surface area (Å²) in [4.78, 5) is 0. The molecule has 1 heterocycles. The van der Waals surface area contributed by atoms with Crippen LogP contribution in [0.1, 0.15) is 31.4 Å². The number of rotatable bonds is 14. The van der Waals surface area contributed by atoms with Crippen LogP contribution in [0.15, 0.2) is 183 Å². The van der Waals surface area contributed by atoms with Crippen molar-refractivity contribution in [2.24, 2.45) is 0 Å². The van der Waals surface area contributed by atoms with E-state index in [4.69, 9.17) is 0 Å². The molecule has 0 bridgehead atoms. The molecule has 0 saturated carbocycles. The fraction of sp³-hybridized carbons (Fsp3) is 0.0698. The second kappa shape index (κ2) is 16.6. The van der Waals surface area contributed by atoms with Crippen molar-refractivity contribution in [3.8, 4) is 11.1 Å². The molecule has 0 unspecified atom stereocenters. The lowest BCUT2D eigenvalue weighted by molar-refractivity contribution is 1.11. The molecule has 224 valence electrons. The fourth-order valence-electron chi connectivity index (χ4n) is 5.12. The zero-order valence-corrected chi connectivity index (χ0v) is 27.1. The minimum Gasteiger partial charge on any atom is -0.362 e. The second-order valence-corrected chi connectivity index (χ2v) is 11.4. The van der Waals surface area contributed by atoms with Crippen LogP contribution in [-0.2, 0) is 0 Å². The minimum absolute atomic E-state index is 0.835. The Morgan fingerprint density at radius 3 is 2.40 bits per heavy atom. The molecule has 0 aliphatic heterocycles. The van der Waals surface area contributed by atoms with E-state index in [9.17, 15) is 0 Å². The van der Waals surface area contributed by atoms with Gasteiger partial charge in [-0.25, -0.2) is 0 Å². The normalized spacial score (nSPS) is 12.9. The van der Waals surface area contributed by atoms with Crippen molar-refractivity contribution in [2.45, 2.75) is 20.3 Å². The maximum atomic E-state index is 4.46. The van der Waals surface area contributed by atoms with E-state index in [1.165, 1.54) is 42.4 Å². The van der Waals surface area contributed by atoms with Crippen molar-refractivity contribution >= 4 is 43.2 Å². The maximum Gasteiger partial charge on any atom is 0.0434 e. The Balaban J connectivity index is 1.51. The number of hydrogen-bond acceptors (Lipinski definition) is 2. The summed E-state index contributed by atoms with van der Waals surface area (Å²) in [5, 5.41) is 5.80. The van der Waals surface area contributed by atoms with Gasteiger partial charge in [-0.15, -0.1) is 11.3 Å². The third-order valence-electron chi connectivity index (χ3n) is 7.29. The van der Waals surface area contributed by atoms with Gasteiger partial charge in [0.05, 0.1) is 0 Å². The van der Waals surface area contributed by atoms with Crippen LogP contribution in [0, 0.1) is 0 Å². The molecule has 4 rings (SSSR count). The largest absolute Gasteiger partial charge is 0.362 e. The van der Waals surface area contributed by atoms with Crippen molar-refractivity contribution in [2.75, 3.05) is 0 Å². The first kappa shape index (κ1) is 32.7. The highest BCUT2D eigenvalue weighted by Gasteiger charge is 2.16. The van der Waals surface area contributed by atoms with Crippen LogP contribution < -0.4 is 5.32 Å². The first-order valence-corrected chi connectivity index (χ1v) is 15.9. The fourth-order valence-corrected chi connectivity index (χ4v) is 6.37. The lowest BCUT2D eigenvalue weighted by atomic mass is 9.91. The highest BCUT2D eigenvalue weighted by atomic mass is 32.1. The average Bonchev–Trinajstić information content (AvgIpc) is 3.45. The van der Waals surface area contributed by atoms with E-state index in [0.29, 0.717) is 0 Å². The van der Waals surface area contributed by atoms with Crippen molar-refractivity contribution < 1.29 is 0 Å². The molecular weight excluding hydrogens is 563 g/mol. The summed E-state index contributed by atoms with van der Waals surface area (Å²) in [6, 6.07) is 21.6. The number of nitrogens with one attached hydrogen (secondary N) is 1. The Hall–Kier alpha value is -5.18. The van der Waals surface area contributed by atoms with Gasteiger partial charge in [-0.2, -0.15) is 0 Å². The van der Waals surface area contributed by atoms with E-state index in [2.05, 4.69) is 124 Å². The van der Waals surface area contributed by atoms with Crippen molar-refractivity contribution in [3.63, 3.8) is 0 Å². The monoisotopic (exact) mass is 603 g/mol. The molecule has 0 amide bonds. The zero-order valence-electron chi connectivity index (χ0n) is 26.3. The van der Waals surface area contributed by atoms with Gasteiger partial charge in [-0.3, -0.25) is 0 Å². The second-order valence-electron chi connectivity index (χ2n) is 10.4. The Morgan fingerprint density at radius 2 is 1.67 bits per heavy atom. The third-order valence-corrected chi connectivity index (χ3v) is 8.49. The van der Waals surface area contributed by atoms with Gasteiger partial charge in [0.25, 0.3) is 0 Å². The van der Waals surface area contributed by atoms with Crippen molar-refractivity contribution in [1.29, 1.82) is 0 Å². The van der Waals surface area contributed by atoms with Gasteiger partial charge in [0, 0.05) is 32.1 Å². The molecule has 0 fully saturated rings. The smallest absolute Gasteiger partial charge is 0.0434 e. The number of hydrogen-bond donors (Lipinski definition) is 1. The minimum atomic E-state index is 0.835. The zero-order chi connectivity index (χ0) is 32.0. The molecule has 45 heavy (non-hydrogen) atoms. The summed E-state index contributed by atoms with van der Waals surface area (Å²) < 4.78 is 2.57. The Kier molecular flexibility index (Phi) is 12.1. The van der Waals surface area contributed by atoms with Crippen LogP contribution in [0.4, 0.5) is 0 Å². The molecule has 1 aromatic heterocycles. The molecule has 0 atom stereocenters. The van der Waals surface area contributed by atoms with Crippen LogP contribution in [0.25, 0.3) is 42.9 Å². The van der Waals surface area contributed by atoms with Crippen LogP contribution >= 0.6 is 11.3 Å². The molecule has 0 aliphatic carbocycles. The van der Waals surface area contributed by atoms with Gasteiger partial charge in [-0.05, 0) is 83.5 Å². The molecule has 0 radical (unpaired) electrons. The first-order valence-electron chi connectivity index (χ1n) is 15.1. The van der Waals surface area contributed by atoms with E-state index < -0.39 is 0 Å². The van der Waals surface area contributed by atoms with Gasteiger partial charge in [-0.1, -0.05) is 142 Å². The Labute approximate surface area is 273 Å². The Morgan fingerprint density at radius 1 is 0.844 bits per heavy atom. The molecule has 1 N–H and O–H groups in total. The first-order chi connectivity index (χ1) is 22.0. The summed E-state index contributed by atoms with van der Waals surface area (Å²) in [6.07, 6.45) is 28.8. The highest BCUT2D eigenvalue weighted by Crippen LogP contribution is 2.43. The summed E-state index contributed by atoms with van der Waals surface area (Å²) in [6.45, 7) is 20.6. The highest BCUT2D eigenvalue weighted by molar-refractivity contribution is 7.26. The van der Waals surface area contributed by atoms with Crippen LogP contribution in [-0.4, -0.2) is 0 Å². The lowest BCUT2D eigenvalue weighted by Gasteiger charge is -2.12. The van der Waals surface area contributed by atoms with Gasteiger partial charge in [0.1, 0.15) is 0 Å². The summed E-state index contributed by atoms with van der Waals surface area (Å²) >= 11 is 1.85. The molecule has 4 aromatic rings. The average molecular weight is 604 g/mol. The SMILES string of the molecule is C=C/C=C(\C=C/C)CC=C/C=C(\C=C)N/C=C\C=C/C(=C)C(=C)c1ccc2sc3c(-c4ccccc4)cccc3c2c1/C=C\C. The van der Waals surface area contributed by atoms with Crippen LogP contribution in [0.5, 0.6) is 0 Å². The number of allylic oxidation sites excluding steroid dienone is 15. The predicted octanol–water partition coefficient (Wildman–Crippen LogP) is 12.7. The number of thiophene rings is 1. The van der Waals surface area contributed by atoms with Crippen LogP contribution in [0.2, 0.25) is 0 Å². The molecular formula is C43H41NS. The van der Waals surface area contributed by atoms with Gasteiger partial charge in [0.15, 0.2) is 0 Å². The molecule has 1 nitrogen and oxygen atoms in total. The molecule has 0 spiro atoms. The number of fused-ring (bicyclic) bond motifs is 3. The van der Waals surface area contributed by atoms with Gasteiger partial charge >= 0.3 is 0 Å². The van der Waals surface area contributed by atoms with Gasteiger partial charge < -0.3 is 5.32 Å². The molecule has 2 heteroatoms. The number of benzene rings is 3. The van der Waals surface area contributed by atoms with E-state index in [1.807, 2.05) is 73.1 Å². The van der Waals surface area contributed by atoms with Crippen molar-refractivity contribution in [3.05, 3.63) is 194 Å². The standard InChI is InChI=1S/C43H41NS/c1-7-19-34(20-8-2)23-14-15-26-36(10-4)44-31-17-16-22-32(5)33(6)37-29-30-41-42(39(37)21-9-3)40-28-18-27-38(43(40)45-41)35-24-12-11-13-25-35/h7-22,24-31,44H,1,4-6,23H2,2-3H3/b15-14?,20-8-,21-9-,22-16-,31-17-,34-19+,36-26+. The van der Waals surface area contributed by atoms with Gasteiger partial charge in [0.2, 0.25) is 0 Å². The van der Waals surface area contributed by atoms with E-state index in [1.54, 1.807) is 6.08 Å². The quantitative estimate of drug-likeness (QED) is 0.141. The maximum absolute atomic E-state index is 4.46. The third kappa shape index (κ3) is 8.26. The topological polar surface area (TPSA) is 12.0 Å².